The van der Waals surface area contributed by atoms with Crippen molar-refractivity contribution in [2.24, 2.45) is 11.1 Å². The van der Waals surface area contributed by atoms with Gasteiger partial charge in [-0.05, 0) is 37.5 Å². The van der Waals surface area contributed by atoms with Crippen LogP contribution in [0, 0.1) is 12.3 Å². The van der Waals surface area contributed by atoms with E-state index in [0.717, 1.165) is 41.4 Å². The highest BCUT2D eigenvalue weighted by atomic mass is 79.9. The van der Waals surface area contributed by atoms with Crippen LogP contribution in [0.1, 0.15) is 31.2 Å². The molecule has 20 heavy (non-hydrogen) atoms. The Hall–Kier alpha value is -1.07. The molecule has 0 aromatic heterocycles. The third-order valence-corrected chi connectivity index (χ3v) is 4.61. The van der Waals surface area contributed by atoms with Crippen molar-refractivity contribution in [2.45, 2.75) is 32.6 Å². The van der Waals surface area contributed by atoms with Gasteiger partial charge in [0, 0.05) is 11.0 Å². The van der Waals surface area contributed by atoms with Crippen molar-refractivity contribution in [3.63, 3.8) is 0 Å². The molecular formula is C15H21BrN2O2. The molecule has 1 amide bonds. The van der Waals surface area contributed by atoms with Crippen LogP contribution in [-0.2, 0) is 4.79 Å². The van der Waals surface area contributed by atoms with Crippen LogP contribution < -0.4 is 15.8 Å². The predicted octanol–water partition coefficient (Wildman–Crippen LogP) is 3.22. The summed E-state index contributed by atoms with van der Waals surface area (Å²) >= 11 is 3.43. The SMILES string of the molecule is COc1cc(Br)cc(C)c1NC(=O)C1(CN)CCCC1. The molecule has 4 nitrogen and oxygen atoms in total. The predicted molar refractivity (Wildman–Crippen MR) is 84.0 cm³/mol. The van der Waals surface area contributed by atoms with E-state index in [2.05, 4.69) is 21.2 Å². The summed E-state index contributed by atoms with van der Waals surface area (Å²) in [6.45, 7) is 2.35. The first-order chi connectivity index (χ1) is 9.52. The van der Waals surface area contributed by atoms with Gasteiger partial charge in [-0.1, -0.05) is 28.8 Å². The van der Waals surface area contributed by atoms with Crippen molar-refractivity contribution in [3.05, 3.63) is 22.2 Å². The van der Waals surface area contributed by atoms with Crippen molar-refractivity contribution in [2.75, 3.05) is 19.0 Å². The van der Waals surface area contributed by atoms with Gasteiger partial charge in [-0.3, -0.25) is 4.79 Å². The molecule has 0 bridgehead atoms. The molecule has 0 saturated heterocycles. The van der Waals surface area contributed by atoms with Crippen molar-refractivity contribution >= 4 is 27.5 Å². The van der Waals surface area contributed by atoms with Crippen molar-refractivity contribution in [3.8, 4) is 5.75 Å². The lowest BCUT2D eigenvalue weighted by Gasteiger charge is -2.26. The Morgan fingerprint density at radius 1 is 1.45 bits per heavy atom. The van der Waals surface area contributed by atoms with Gasteiger partial charge in [0.2, 0.25) is 5.91 Å². The summed E-state index contributed by atoms with van der Waals surface area (Å²) < 4.78 is 6.29. The minimum atomic E-state index is -0.412. The van der Waals surface area contributed by atoms with Crippen LogP contribution >= 0.6 is 15.9 Å². The molecule has 0 spiro atoms. The summed E-state index contributed by atoms with van der Waals surface area (Å²) in [5.74, 6) is 0.677. The van der Waals surface area contributed by atoms with Crippen molar-refractivity contribution in [1.29, 1.82) is 0 Å². The summed E-state index contributed by atoms with van der Waals surface area (Å²) in [6.07, 6.45) is 3.88. The summed E-state index contributed by atoms with van der Waals surface area (Å²) in [5.41, 5.74) is 7.15. The van der Waals surface area contributed by atoms with Crippen molar-refractivity contribution < 1.29 is 9.53 Å². The third-order valence-electron chi connectivity index (χ3n) is 4.16. The zero-order chi connectivity index (χ0) is 14.8. The lowest BCUT2D eigenvalue weighted by Crippen LogP contribution is -2.40. The van der Waals surface area contributed by atoms with E-state index in [-0.39, 0.29) is 5.91 Å². The van der Waals surface area contributed by atoms with Crippen LogP contribution in [0.15, 0.2) is 16.6 Å². The first kappa shape index (κ1) is 15.3. The summed E-state index contributed by atoms with van der Waals surface area (Å²) in [7, 11) is 1.60. The largest absolute Gasteiger partial charge is 0.495 e. The Morgan fingerprint density at radius 3 is 2.65 bits per heavy atom. The average molecular weight is 341 g/mol. The number of aryl methyl sites for hydroxylation is 1. The lowest BCUT2D eigenvalue weighted by molar-refractivity contribution is -0.124. The molecule has 0 radical (unpaired) electrons. The number of amides is 1. The molecule has 1 saturated carbocycles. The first-order valence-corrected chi connectivity index (χ1v) is 7.67. The molecule has 5 heteroatoms. The normalized spacial score (nSPS) is 17.0. The van der Waals surface area contributed by atoms with Gasteiger partial charge in [0.05, 0.1) is 18.2 Å². The minimum Gasteiger partial charge on any atom is -0.495 e. The zero-order valence-electron chi connectivity index (χ0n) is 12.0. The Balaban J connectivity index is 2.28. The number of anilines is 1. The molecule has 1 aliphatic carbocycles. The van der Waals surface area contributed by atoms with Gasteiger partial charge >= 0.3 is 0 Å². The molecule has 1 aromatic rings. The topological polar surface area (TPSA) is 64.3 Å². The van der Waals surface area contributed by atoms with Crippen LogP contribution in [0.2, 0.25) is 0 Å². The number of hydrogen-bond donors (Lipinski definition) is 2. The maximum absolute atomic E-state index is 12.6. The van der Waals surface area contributed by atoms with E-state index >= 15 is 0 Å². The van der Waals surface area contributed by atoms with E-state index in [1.807, 2.05) is 19.1 Å². The highest BCUT2D eigenvalue weighted by Crippen LogP contribution is 2.40. The quantitative estimate of drug-likeness (QED) is 0.884. The van der Waals surface area contributed by atoms with E-state index < -0.39 is 5.41 Å². The molecule has 0 atom stereocenters. The fraction of sp³-hybridized carbons (Fsp3) is 0.533. The molecule has 0 unspecified atom stereocenters. The van der Waals surface area contributed by atoms with Gasteiger partial charge in [-0.2, -0.15) is 0 Å². The zero-order valence-corrected chi connectivity index (χ0v) is 13.5. The monoisotopic (exact) mass is 340 g/mol. The van der Waals surface area contributed by atoms with Crippen LogP contribution in [0.4, 0.5) is 5.69 Å². The van der Waals surface area contributed by atoms with Gasteiger partial charge in [0.25, 0.3) is 0 Å². The molecule has 0 aliphatic heterocycles. The Labute approximate surface area is 128 Å². The van der Waals surface area contributed by atoms with E-state index in [9.17, 15) is 4.79 Å². The van der Waals surface area contributed by atoms with E-state index in [1.54, 1.807) is 7.11 Å². The smallest absolute Gasteiger partial charge is 0.231 e. The van der Waals surface area contributed by atoms with Gasteiger partial charge in [0.1, 0.15) is 5.75 Å². The van der Waals surface area contributed by atoms with E-state index in [4.69, 9.17) is 10.5 Å². The van der Waals surface area contributed by atoms with Gasteiger partial charge in [-0.25, -0.2) is 0 Å². The van der Waals surface area contributed by atoms with Crippen LogP contribution in [0.5, 0.6) is 5.75 Å². The molecule has 1 aliphatic rings. The molecular weight excluding hydrogens is 320 g/mol. The number of methoxy groups -OCH3 is 1. The average Bonchev–Trinajstić information content (AvgIpc) is 2.91. The van der Waals surface area contributed by atoms with E-state index in [1.165, 1.54) is 0 Å². The second kappa shape index (κ2) is 6.14. The fourth-order valence-electron chi connectivity index (χ4n) is 2.86. The van der Waals surface area contributed by atoms with Crippen molar-refractivity contribution in [1.82, 2.24) is 0 Å². The Kier molecular flexibility index (Phi) is 4.70. The maximum atomic E-state index is 12.6. The van der Waals surface area contributed by atoms with Gasteiger partial charge in [-0.15, -0.1) is 0 Å². The highest BCUT2D eigenvalue weighted by Gasteiger charge is 2.40. The molecule has 2 rings (SSSR count). The number of halogens is 1. The number of rotatable bonds is 4. The Morgan fingerprint density at radius 2 is 2.10 bits per heavy atom. The molecule has 0 heterocycles. The van der Waals surface area contributed by atoms with Crippen LogP contribution in [-0.4, -0.2) is 19.6 Å². The summed E-state index contributed by atoms with van der Waals surface area (Å²) in [4.78, 5) is 12.6. The molecule has 110 valence electrons. The van der Waals surface area contributed by atoms with Crippen LogP contribution in [0.3, 0.4) is 0 Å². The highest BCUT2D eigenvalue weighted by molar-refractivity contribution is 9.10. The summed E-state index contributed by atoms with van der Waals surface area (Å²) in [5, 5.41) is 3.03. The number of carbonyl (C=O) groups is 1. The van der Waals surface area contributed by atoms with E-state index in [0.29, 0.717) is 12.3 Å². The second-order valence-corrected chi connectivity index (χ2v) is 6.36. The first-order valence-electron chi connectivity index (χ1n) is 6.88. The van der Waals surface area contributed by atoms with Crippen LogP contribution in [0.25, 0.3) is 0 Å². The molecule has 1 aromatic carbocycles. The number of hydrogen-bond acceptors (Lipinski definition) is 3. The Bertz CT molecular complexity index is 511. The number of benzene rings is 1. The number of nitrogens with two attached hydrogens (primary N) is 1. The van der Waals surface area contributed by atoms with Gasteiger partial charge in [0.15, 0.2) is 0 Å². The fourth-order valence-corrected chi connectivity index (χ4v) is 3.41. The van der Waals surface area contributed by atoms with Gasteiger partial charge < -0.3 is 15.8 Å². The number of ether oxygens (including phenoxy) is 1. The third kappa shape index (κ3) is 2.83. The molecule has 3 N–H and O–H groups in total. The number of carbonyl (C=O) groups excluding carboxylic acids is 1. The maximum Gasteiger partial charge on any atom is 0.231 e. The minimum absolute atomic E-state index is 0.0150. The number of nitrogens with one attached hydrogen (secondary N) is 1. The molecule has 1 fully saturated rings. The summed E-state index contributed by atoms with van der Waals surface area (Å²) in [6, 6.07) is 3.81. The standard InChI is InChI=1S/C15H21BrN2O2/c1-10-7-11(16)8-12(20-2)13(10)18-14(19)15(9-17)5-3-4-6-15/h7-8H,3-6,9,17H2,1-2H3,(H,18,19). The second-order valence-electron chi connectivity index (χ2n) is 5.45. The lowest BCUT2D eigenvalue weighted by atomic mass is 9.85.